The molecule has 1 nitrogen and oxygen atoms in total. The first-order valence-electron chi connectivity index (χ1n) is 7.14. The zero-order chi connectivity index (χ0) is 13.0. The van der Waals surface area contributed by atoms with Gasteiger partial charge in [-0.3, -0.25) is 0 Å². The van der Waals surface area contributed by atoms with Gasteiger partial charge in [-0.25, -0.2) is 0 Å². The van der Waals surface area contributed by atoms with Crippen molar-refractivity contribution < 1.29 is 0 Å². The van der Waals surface area contributed by atoms with Crippen LogP contribution in [0.2, 0.25) is 4.34 Å². The van der Waals surface area contributed by atoms with Crippen molar-refractivity contribution in [1.82, 2.24) is 5.32 Å². The second kappa shape index (κ2) is 6.40. The molecule has 1 unspecified atom stereocenters. The minimum Gasteiger partial charge on any atom is -0.309 e. The highest BCUT2D eigenvalue weighted by Crippen LogP contribution is 2.47. The largest absolute Gasteiger partial charge is 0.309 e. The molecule has 1 atom stereocenters. The second-order valence-electron chi connectivity index (χ2n) is 5.74. The average Bonchev–Trinajstić information content (AvgIpc) is 2.77. The van der Waals surface area contributed by atoms with E-state index in [4.69, 9.17) is 11.6 Å². The van der Waals surface area contributed by atoms with Gasteiger partial charge in [-0.1, -0.05) is 44.7 Å². The molecule has 0 spiro atoms. The monoisotopic (exact) mass is 285 g/mol. The summed E-state index contributed by atoms with van der Waals surface area (Å²) in [4.78, 5) is 1.41. The van der Waals surface area contributed by atoms with Crippen LogP contribution in [-0.2, 0) is 0 Å². The number of hydrogen-bond acceptors (Lipinski definition) is 2. The Bertz CT molecular complexity index is 368. The molecule has 0 saturated heterocycles. The molecule has 18 heavy (non-hydrogen) atoms. The Balaban J connectivity index is 2.18. The summed E-state index contributed by atoms with van der Waals surface area (Å²) >= 11 is 7.85. The topological polar surface area (TPSA) is 12.0 Å². The lowest BCUT2D eigenvalue weighted by atomic mass is 9.70. The van der Waals surface area contributed by atoms with Crippen molar-refractivity contribution >= 4 is 22.9 Å². The van der Waals surface area contributed by atoms with Crippen LogP contribution in [0.1, 0.15) is 63.3 Å². The van der Waals surface area contributed by atoms with Crippen molar-refractivity contribution in [3.63, 3.8) is 0 Å². The molecule has 1 heterocycles. The van der Waals surface area contributed by atoms with E-state index < -0.39 is 0 Å². The Hall–Kier alpha value is -0.0500. The van der Waals surface area contributed by atoms with Crippen LogP contribution in [0.4, 0.5) is 0 Å². The molecular formula is C15H24ClNS. The molecule has 1 aliphatic rings. The summed E-state index contributed by atoms with van der Waals surface area (Å²) in [6, 6.07) is 4.73. The van der Waals surface area contributed by atoms with Gasteiger partial charge < -0.3 is 5.32 Å². The normalized spacial score (nSPS) is 20.8. The number of halogens is 1. The fourth-order valence-corrected chi connectivity index (χ4v) is 4.42. The van der Waals surface area contributed by atoms with Gasteiger partial charge in [0, 0.05) is 10.9 Å². The highest BCUT2D eigenvalue weighted by atomic mass is 35.5. The van der Waals surface area contributed by atoms with Gasteiger partial charge in [0.2, 0.25) is 0 Å². The zero-order valence-corrected chi connectivity index (χ0v) is 13.0. The minimum absolute atomic E-state index is 0.404. The van der Waals surface area contributed by atoms with Gasteiger partial charge in [0.25, 0.3) is 0 Å². The maximum atomic E-state index is 6.11. The lowest BCUT2D eigenvalue weighted by Crippen LogP contribution is -2.37. The Morgan fingerprint density at radius 2 is 2.06 bits per heavy atom. The SMILES string of the molecule is CCCNC(c1ccc(Cl)s1)C1(C)CCCCC1. The number of nitrogens with one attached hydrogen (secondary N) is 1. The lowest BCUT2D eigenvalue weighted by Gasteiger charge is -2.41. The fraction of sp³-hybridized carbons (Fsp3) is 0.733. The first kappa shape index (κ1) is 14.4. The van der Waals surface area contributed by atoms with E-state index in [2.05, 4.69) is 25.2 Å². The van der Waals surface area contributed by atoms with Crippen molar-refractivity contribution in [3.8, 4) is 0 Å². The first-order valence-corrected chi connectivity index (χ1v) is 8.34. The van der Waals surface area contributed by atoms with E-state index in [-0.39, 0.29) is 0 Å². The summed E-state index contributed by atoms with van der Waals surface area (Å²) in [5, 5.41) is 3.76. The summed E-state index contributed by atoms with van der Waals surface area (Å²) in [5.41, 5.74) is 0.404. The maximum absolute atomic E-state index is 6.11. The smallest absolute Gasteiger partial charge is 0.0931 e. The van der Waals surface area contributed by atoms with Gasteiger partial charge in [0.15, 0.2) is 0 Å². The minimum atomic E-state index is 0.404. The molecule has 0 aromatic carbocycles. The van der Waals surface area contributed by atoms with Gasteiger partial charge >= 0.3 is 0 Å². The highest BCUT2D eigenvalue weighted by molar-refractivity contribution is 7.16. The standard InChI is InChI=1S/C15H24ClNS/c1-3-11-17-14(12-7-8-13(16)18-12)15(2)9-5-4-6-10-15/h7-8,14,17H,3-6,9-11H2,1-2H3. The molecule has 0 radical (unpaired) electrons. The third kappa shape index (κ3) is 3.28. The average molecular weight is 286 g/mol. The first-order chi connectivity index (χ1) is 8.65. The van der Waals surface area contributed by atoms with E-state index in [0.29, 0.717) is 11.5 Å². The number of thiophene rings is 1. The van der Waals surface area contributed by atoms with E-state index in [1.807, 2.05) is 6.07 Å². The van der Waals surface area contributed by atoms with Crippen LogP contribution in [0, 0.1) is 5.41 Å². The summed E-state index contributed by atoms with van der Waals surface area (Å²) in [6.45, 7) is 5.78. The van der Waals surface area contributed by atoms with E-state index in [1.54, 1.807) is 11.3 Å². The van der Waals surface area contributed by atoms with E-state index in [0.717, 1.165) is 10.9 Å². The second-order valence-corrected chi connectivity index (χ2v) is 7.49. The number of hydrogen-bond donors (Lipinski definition) is 1. The van der Waals surface area contributed by atoms with Crippen LogP contribution in [0.3, 0.4) is 0 Å². The molecule has 0 bridgehead atoms. The van der Waals surface area contributed by atoms with Crippen molar-refractivity contribution in [2.75, 3.05) is 6.54 Å². The quantitative estimate of drug-likeness (QED) is 0.762. The molecule has 2 rings (SSSR count). The highest BCUT2D eigenvalue weighted by Gasteiger charge is 2.36. The summed E-state index contributed by atoms with van der Waals surface area (Å²) in [7, 11) is 0. The molecular weight excluding hydrogens is 262 g/mol. The molecule has 1 aliphatic carbocycles. The number of rotatable bonds is 5. The van der Waals surface area contributed by atoms with E-state index >= 15 is 0 Å². The van der Waals surface area contributed by atoms with Crippen LogP contribution in [0.5, 0.6) is 0 Å². The van der Waals surface area contributed by atoms with Gasteiger partial charge in [-0.15, -0.1) is 11.3 Å². The van der Waals surface area contributed by atoms with E-state index in [1.165, 1.54) is 43.4 Å². The molecule has 1 saturated carbocycles. The summed E-state index contributed by atoms with van der Waals surface area (Å²) in [6.07, 6.45) is 8.01. The maximum Gasteiger partial charge on any atom is 0.0931 e. The lowest BCUT2D eigenvalue weighted by molar-refractivity contribution is 0.147. The van der Waals surface area contributed by atoms with Crippen LogP contribution in [0.25, 0.3) is 0 Å². The Morgan fingerprint density at radius 1 is 1.33 bits per heavy atom. The Morgan fingerprint density at radius 3 is 2.61 bits per heavy atom. The van der Waals surface area contributed by atoms with Crippen molar-refractivity contribution in [2.45, 2.75) is 58.4 Å². The fourth-order valence-electron chi connectivity index (χ4n) is 3.11. The molecule has 0 amide bonds. The third-order valence-corrected chi connectivity index (χ3v) is 5.47. The van der Waals surface area contributed by atoms with Crippen molar-refractivity contribution in [3.05, 3.63) is 21.3 Å². The van der Waals surface area contributed by atoms with Crippen LogP contribution in [-0.4, -0.2) is 6.54 Å². The summed E-state index contributed by atoms with van der Waals surface area (Å²) in [5.74, 6) is 0. The molecule has 1 fully saturated rings. The Labute approximate surface area is 120 Å². The van der Waals surface area contributed by atoms with Gasteiger partial charge in [0.05, 0.1) is 4.34 Å². The van der Waals surface area contributed by atoms with Gasteiger partial charge in [0.1, 0.15) is 0 Å². The zero-order valence-electron chi connectivity index (χ0n) is 11.5. The third-order valence-electron chi connectivity index (χ3n) is 4.17. The predicted molar refractivity (Wildman–Crippen MR) is 81.6 cm³/mol. The molecule has 1 aromatic rings. The van der Waals surface area contributed by atoms with Gasteiger partial charge in [-0.05, 0) is 43.4 Å². The molecule has 0 aliphatic heterocycles. The van der Waals surface area contributed by atoms with Crippen molar-refractivity contribution in [1.29, 1.82) is 0 Å². The van der Waals surface area contributed by atoms with Crippen LogP contribution < -0.4 is 5.32 Å². The molecule has 1 N–H and O–H groups in total. The van der Waals surface area contributed by atoms with E-state index in [9.17, 15) is 0 Å². The molecule has 3 heteroatoms. The molecule has 1 aromatic heterocycles. The Kier molecular flexibility index (Phi) is 5.11. The van der Waals surface area contributed by atoms with Crippen LogP contribution in [0.15, 0.2) is 12.1 Å². The predicted octanol–water partition coefficient (Wildman–Crippen LogP) is 5.41. The van der Waals surface area contributed by atoms with Crippen LogP contribution >= 0.6 is 22.9 Å². The molecule has 102 valence electrons. The van der Waals surface area contributed by atoms with Crippen molar-refractivity contribution in [2.24, 2.45) is 5.41 Å². The summed E-state index contributed by atoms with van der Waals surface area (Å²) < 4.78 is 0.910. The van der Waals surface area contributed by atoms with Gasteiger partial charge in [-0.2, -0.15) is 0 Å².